The molecule has 0 saturated heterocycles. The number of carbonyl (C=O) groups excluding carboxylic acids is 2. The highest BCUT2D eigenvalue weighted by atomic mass is 16.6. The molecule has 1 aromatic carbocycles. The fraction of sp³-hybridized carbons (Fsp3) is 0.476. The van der Waals surface area contributed by atoms with E-state index in [-0.39, 0.29) is 5.91 Å². The number of carbonyl (C=O) groups is 2. The smallest absolute Gasteiger partial charge is 0.408 e. The number of alkyl carbamates (subject to hydrolysis) is 1. The number of benzene rings is 1. The zero-order valence-corrected chi connectivity index (χ0v) is 17.3. The molecule has 0 aliphatic carbocycles. The number of nitrogens with one attached hydrogen (secondary N) is 2. The first-order chi connectivity index (χ1) is 13.2. The van der Waals surface area contributed by atoms with Gasteiger partial charge in [-0.15, -0.1) is 0 Å². The van der Waals surface area contributed by atoms with E-state index in [1.165, 1.54) is 0 Å². The molecular formula is C21H30N4O3. The second-order valence-electron chi connectivity index (χ2n) is 7.78. The molecule has 0 aliphatic rings. The lowest BCUT2D eigenvalue weighted by Gasteiger charge is -2.21. The van der Waals surface area contributed by atoms with Crippen molar-refractivity contribution in [3.8, 4) is 5.69 Å². The predicted octanol–water partition coefficient (Wildman–Crippen LogP) is 3.14. The predicted molar refractivity (Wildman–Crippen MR) is 108 cm³/mol. The molecule has 0 radical (unpaired) electrons. The summed E-state index contributed by atoms with van der Waals surface area (Å²) in [6.45, 7) is 9.47. The van der Waals surface area contributed by atoms with E-state index >= 15 is 0 Å². The quantitative estimate of drug-likeness (QED) is 0.716. The summed E-state index contributed by atoms with van der Waals surface area (Å²) >= 11 is 0. The summed E-state index contributed by atoms with van der Waals surface area (Å²) in [6, 6.07) is 9.30. The van der Waals surface area contributed by atoms with Crippen LogP contribution >= 0.6 is 0 Å². The van der Waals surface area contributed by atoms with Crippen LogP contribution in [0.5, 0.6) is 0 Å². The average Bonchev–Trinajstić information content (AvgIpc) is 2.98. The molecule has 28 heavy (non-hydrogen) atoms. The highest BCUT2D eigenvalue weighted by Crippen LogP contribution is 2.13. The highest BCUT2D eigenvalue weighted by Gasteiger charge is 2.20. The molecule has 1 atom stereocenters. The van der Waals surface area contributed by atoms with E-state index < -0.39 is 17.7 Å². The summed E-state index contributed by atoms with van der Waals surface area (Å²) in [5.41, 5.74) is 2.56. The molecule has 7 heteroatoms. The van der Waals surface area contributed by atoms with Crippen molar-refractivity contribution in [1.82, 2.24) is 20.4 Å². The Hall–Kier alpha value is -2.83. The first kappa shape index (κ1) is 21.5. The lowest BCUT2D eigenvalue weighted by Crippen LogP contribution is -2.46. The van der Waals surface area contributed by atoms with Gasteiger partial charge in [-0.05, 0) is 65.2 Å². The van der Waals surface area contributed by atoms with Crippen molar-refractivity contribution in [1.29, 1.82) is 0 Å². The molecule has 2 amide bonds. The fourth-order valence-electron chi connectivity index (χ4n) is 2.65. The van der Waals surface area contributed by atoms with Crippen LogP contribution in [-0.4, -0.2) is 40.0 Å². The lowest BCUT2D eigenvalue weighted by atomic mass is 10.1. The molecule has 0 saturated carbocycles. The molecule has 2 aromatic rings. The molecule has 2 rings (SSSR count). The summed E-state index contributed by atoms with van der Waals surface area (Å²) in [6.07, 6.45) is 3.03. The molecule has 0 bridgehead atoms. The van der Waals surface area contributed by atoms with Crippen LogP contribution in [0, 0.1) is 6.92 Å². The second-order valence-corrected chi connectivity index (χ2v) is 7.78. The Morgan fingerprint density at radius 2 is 1.89 bits per heavy atom. The number of rotatable bonds is 7. The number of nitrogens with zero attached hydrogens (tertiary/aromatic N) is 2. The zero-order chi connectivity index (χ0) is 20.7. The highest BCUT2D eigenvalue weighted by molar-refractivity contribution is 5.85. The number of aromatic nitrogens is 2. The minimum Gasteiger partial charge on any atom is -0.444 e. The third-order valence-electron chi connectivity index (χ3n) is 4.07. The van der Waals surface area contributed by atoms with Gasteiger partial charge in [-0.25, -0.2) is 9.48 Å². The summed E-state index contributed by atoms with van der Waals surface area (Å²) in [7, 11) is 0. The van der Waals surface area contributed by atoms with Crippen molar-refractivity contribution in [2.24, 2.45) is 0 Å². The van der Waals surface area contributed by atoms with Gasteiger partial charge in [-0.2, -0.15) is 5.10 Å². The Morgan fingerprint density at radius 3 is 2.54 bits per heavy atom. The van der Waals surface area contributed by atoms with Crippen LogP contribution < -0.4 is 10.6 Å². The molecule has 2 N–H and O–H groups in total. The van der Waals surface area contributed by atoms with Gasteiger partial charge in [0.25, 0.3) is 0 Å². The summed E-state index contributed by atoms with van der Waals surface area (Å²) < 4.78 is 7.03. The van der Waals surface area contributed by atoms with Crippen LogP contribution in [0.4, 0.5) is 4.79 Å². The van der Waals surface area contributed by atoms with Crippen molar-refractivity contribution >= 4 is 12.0 Å². The Morgan fingerprint density at radius 1 is 1.21 bits per heavy atom. The maximum absolute atomic E-state index is 12.1. The molecule has 0 fully saturated rings. The van der Waals surface area contributed by atoms with Gasteiger partial charge < -0.3 is 15.4 Å². The van der Waals surface area contributed by atoms with E-state index in [2.05, 4.69) is 15.7 Å². The minimum atomic E-state index is -0.655. The van der Waals surface area contributed by atoms with Gasteiger partial charge in [0.15, 0.2) is 0 Å². The zero-order valence-electron chi connectivity index (χ0n) is 17.3. The molecule has 152 valence electrons. The van der Waals surface area contributed by atoms with Crippen molar-refractivity contribution in [2.45, 2.75) is 59.1 Å². The van der Waals surface area contributed by atoms with Crippen molar-refractivity contribution in [2.75, 3.05) is 6.54 Å². The van der Waals surface area contributed by atoms with Gasteiger partial charge in [-0.3, -0.25) is 4.79 Å². The number of hydrogen-bond donors (Lipinski definition) is 2. The van der Waals surface area contributed by atoms with Crippen molar-refractivity contribution < 1.29 is 14.3 Å². The topological polar surface area (TPSA) is 85.3 Å². The summed E-state index contributed by atoms with van der Waals surface area (Å²) in [5, 5.41) is 9.93. The van der Waals surface area contributed by atoms with E-state index in [9.17, 15) is 9.59 Å². The van der Waals surface area contributed by atoms with Gasteiger partial charge >= 0.3 is 6.09 Å². The van der Waals surface area contributed by atoms with Crippen molar-refractivity contribution in [3.05, 3.63) is 47.8 Å². The van der Waals surface area contributed by atoms with Crippen LogP contribution in [0.3, 0.4) is 0 Å². The Balaban J connectivity index is 1.76. The third kappa shape index (κ3) is 6.72. The lowest BCUT2D eigenvalue weighted by molar-refractivity contribution is -0.122. The number of para-hydroxylation sites is 1. The minimum absolute atomic E-state index is 0.234. The van der Waals surface area contributed by atoms with E-state index in [0.29, 0.717) is 6.54 Å². The van der Waals surface area contributed by atoms with Gasteiger partial charge in [-0.1, -0.05) is 18.2 Å². The van der Waals surface area contributed by atoms with Crippen LogP contribution in [0.15, 0.2) is 36.5 Å². The van der Waals surface area contributed by atoms with E-state index in [1.54, 1.807) is 27.7 Å². The first-order valence-corrected chi connectivity index (χ1v) is 9.53. The van der Waals surface area contributed by atoms with Crippen LogP contribution in [-0.2, 0) is 16.0 Å². The maximum Gasteiger partial charge on any atom is 0.408 e. The van der Waals surface area contributed by atoms with Gasteiger partial charge in [0.1, 0.15) is 11.6 Å². The molecule has 0 unspecified atom stereocenters. The monoisotopic (exact) mass is 386 g/mol. The second kappa shape index (κ2) is 9.39. The summed E-state index contributed by atoms with van der Waals surface area (Å²) in [5.74, 6) is -0.234. The number of ether oxygens (including phenoxy) is 1. The Labute approximate surface area is 166 Å². The Kier molecular flexibility index (Phi) is 7.20. The third-order valence-corrected chi connectivity index (χ3v) is 4.07. The van der Waals surface area contributed by atoms with E-state index in [1.807, 2.05) is 48.1 Å². The van der Waals surface area contributed by atoms with E-state index in [0.717, 1.165) is 29.8 Å². The average molecular weight is 386 g/mol. The van der Waals surface area contributed by atoms with Gasteiger partial charge in [0.05, 0.1) is 11.4 Å². The number of hydrogen-bond acceptors (Lipinski definition) is 4. The van der Waals surface area contributed by atoms with Crippen LogP contribution in [0.2, 0.25) is 0 Å². The van der Waals surface area contributed by atoms with E-state index in [4.69, 9.17) is 4.74 Å². The van der Waals surface area contributed by atoms with Gasteiger partial charge in [0, 0.05) is 12.7 Å². The molecule has 1 heterocycles. The summed E-state index contributed by atoms with van der Waals surface area (Å²) in [4.78, 5) is 23.8. The van der Waals surface area contributed by atoms with Crippen LogP contribution in [0.25, 0.3) is 5.69 Å². The number of amides is 2. The normalized spacial score (nSPS) is 12.3. The maximum atomic E-state index is 12.1. The fourth-order valence-corrected chi connectivity index (χ4v) is 2.65. The molecule has 7 nitrogen and oxygen atoms in total. The molecule has 1 aromatic heterocycles. The molecule has 0 spiro atoms. The standard InChI is InChI=1S/C21H30N4O3/c1-15-17(14-25(24-15)18-11-7-6-8-12-18)10-9-13-22-19(26)16(2)23-20(27)28-21(3,4)5/h6-8,11-12,14,16H,9-10,13H2,1-5H3,(H,22,26)(H,23,27)/t16-/m1/s1. The first-order valence-electron chi connectivity index (χ1n) is 9.53. The Bertz CT molecular complexity index is 794. The SMILES string of the molecule is Cc1nn(-c2ccccc2)cc1CCCNC(=O)[C@@H](C)NC(=O)OC(C)(C)C. The molecule has 0 aliphatic heterocycles. The molecular weight excluding hydrogens is 356 g/mol. The van der Waals surface area contributed by atoms with Crippen molar-refractivity contribution in [3.63, 3.8) is 0 Å². The number of aryl methyl sites for hydroxylation is 2. The van der Waals surface area contributed by atoms with Gasteiger partial charge in [0.2, 0.25) is 5.91 Å². The largest absolute Gasteiger partial charge is 0.444 e. The van der Waals surface area contributed by atoms with Crippen LogP contribution in [0.1, 0.15) is 45.4 Å².